The van der Waals surface area contributed by atoms with Gasteiger partial charge in [-0.15, -0.1) is 11.3 Å². The standard InChI is InChI=1S/C21H30N4S/c1-17-6-3-4-12-25(17)16-19-10-8-18(9-11-19)14-23-21(22-2)24-15-20-7-5-13-26-20/h5,7-11,13,17H,3-4,6,12,14-16H2,1-2H3,(H2,22,23,24). The number of likely N-dealkylation sites (tertiary alicyclic amines) is 1. The summed E-state index contributed by atoms with van der Waals surface area (Å²) in [7, 11) is 1.81. The van der Waals surface area contributed by atoms with Crippen LogP contribution in [0.4, 0.5) is 0 Å². The minimum Gasteiger partial charge on any atom is -0.352 e. The van der Waals surface area contributed by atoms with Crippen LogP contribution >= 0.6 is 11.3 Å². The van der Waals surface area contributed by atoms with Crippen molar-refractivity contribution in [2.45, 2.75) is 51.9 Å². The number of nitrogens with one attached hydrogen (secondary N) is 2. The predicted octanol–water partition coefficient (Wildman–Crippen LogP) is 3.99. The zero-order chi connectivity index (χ0) is 18.2. The fourth-order valence-electron chi connectivity index (χ4n) is 3.38. The molecule has 140 valence electrons. The molecule has 0 radical (unpaired) electrons. The van der Waals surface area contributed by atoms with Crippen LogP contribution in [0.15, 0.2) is 46.8 Å². The van der Waals surface area contributed by atoms with Gasteiger partial charge in [0, 0.05) is 31.1 Å². The number of piperidine rings is 1. The first kappa shape index (κ1) is 18.9. The summed E-state index contributed by atoms with van der Waals surface area (Å²) < 4.78 is 0. The summed E-state index contributed by atoms with van der Waals surface area (Å²) in [5.41, 5.74) is 2.68. The van der Waals surface area contributed by atoms with E-state index in [0.29, 0.717) is 6.04 Å². The number of hydrogen-bond donors (Lipinski definition) is 2. The highest BCUT2D eigenvalue weighted by molar-refractivity contribution is 7.09. The Morgan fingerprint density at radius 2 is 1.88 bits per heavy atom. The van der Waals surface area contributed by atoms with Gasteiger partial charge < -0.3 is 10.6 Å². The van der Waals surface area contributed by atoms with E-state index in [1.807, 2.05) is 7.05 Å². The van der Waals surface area contributed by atoms with Crippen LogP contribution in [0.25, 0.3) is 0 Å². The fourth-order valence-corrected chi connectivity index (χ4v) is 4.02. The molecule has 1 aromatic carbocycles. The highest BCUT2D eigenvalue weighted by atomic mass is 32.1. The van der Waals surface area contributed by atoms with Crippen LogP contribution in [0.1, 0.15) is 42.2 Å². The molecule has 1 aliphatic heterocycles. The highest BCUT2D eigenvalue weighted by Gasteiger charge is 2.17. The maximum atomic E-state index is 4.30. The van der Waals surface area contributed by atoms with E-state index >= 15 is 0 Å². The van der Waals surface area contributed by atoms with Crippen LogP contribution in [0, 0.1) is 0 Å². The summed E-state index contributed by atoms with van der Waals surface area (Å²) in [6.07, 6.45) is 4.05. The van der Waals surface area contributed by atoms with Crippen LogP contribution in [-0.2, 0) is 19.6 Å². The van der Waals surface area contributed by atoms with Gasteiger partial charge in [-0.2, -0.15) is 0 Å². The lowest BCUT2D eigenvalue weighted by Gasteiger charge is -2.33. The molecule has 1 fully saturated rings. The monoisotopic (exact) mass is 370 g/mol. The average Bonchev–Trinajstić information content (AvgIpc) is 3.18. The predicted molar refractivity (Wildman–Crippen MR) is 112 cm³/mol. The van der Waals surface area contributed by atoms with Crippen molar-refractivity contribution < 1.29 is 0 Å². The smallest absolute Gasteiger partial charge is 0.191 e. The van der Waals surface area contributed by atoms with E-state index < -0.39 is 0 Å². The SMILES string of the molecule is CN=C(NCc1ccc(CN2CCCCC2C)cc1)NCc1cccs1. The van der Waals surface area contributed by atoms with Crippen molar-refractivity contribution in [3.63, 3.8) is 0 Å². The Kier molecular flexibility index (Phi) is 7.09. The molecule has 1 unspecified atom stereocenters. The van der Waals surface area contributed by atoms with Crippen LogP contribution in [0.5, 0.6) is 0 Å². The van der Waals surface area contributed by atoms with Gasteiger partial charge in [-0.05, 0) is 48.9 Å². The summed E-state index contributed by atoms with van der Waals surface area (Å²) in [5, 5.41) is 8.84. The summed E-state index contributed by atoms with van der Waals surface area (Å²) in [6.45, 7) is 6.25. The van der Waals surface area contributed by atoms with Gasteiger partial charge in [-0.3, -0.25) is 9.89 Å². The first-order valence-electron chi connectivity index (χ1n) is 9.53. The lowest BCUT2D eigenvalue weighted by molar-refractivity contribution is 0.152. The van der Waals surface area contributed by atoms with Gasteiger partial charge in [0.2, 0.25) is 0 Å². The molecule has 0 amide bonds. The minimum absolute atomic E-state index is 0.711. The minimum atomic E-state index is 0.711. The Morgan fingerprint density at radius 3 is 2.58 bits per heavy atom. The van der Waals surface area contributed by atoms with E-state index in [1.165, 1.54) is 41.8 Å². The largest absolute Gasteiger partial charge is 0.352 e. The second-order valence-electron chi connectivity index (χ2n) is 6.99. The summed E-state index contributed by atoms with van der Waals surface area (Å²) in [4.78, 5) is 8.21. The summed E-state index contributed by atoms with van der Waals surface area (Å²) in [6, 6.07) is 13.9. The third-order valence-corrected chi connectivity index (χ3v) is 5.92. The van der Waals surface area contributed by atoms with Crippen LogP contribution < -0.4 is 10.6 Å². The third-order valence-electron chi connectivity index (χ3n) is 5.04. The molecule has 1 aliphatic rings. The number of guanidine groups is 1. The molecular weight excluding hydrogens is 340 g/mol. The molecule has 5 heteroatoms. The second kappa shape index (κ2) is 9.74. The normalized spacial score (nSPS) is 18.7. The van der Waals surface area contributed by atoms with Crippen LogP contribution in [0.3, 0.4) is 0 Å². The maximum absolute atomic E-state index is 4.30. The molecule has 3 rings (SSSR count). The topological polar surface area (TPSA) is 39.7 Å². The fraction of sp³-hybridized carbons (Fsp3) is 0.476. The zero-order valence-corrected chi connectivity index (χ0v) is 16.7. The number of rotatable bonds is 6. The molecule has 26 heavy (non-hydrogen) atoms. The van der Waals surface area contributed by atoms with Crippen molar-refractivity contribution >= 4 is 17.3 Å². The molecule has 2 aromatic rings. The molecule has 0 aliphatic carbocycles. The van der Waals surface area contributed by atoms with E-state index in [9.17, 15) is 0 Å². The zero-order valence-electron chi connectivity index (χ0n) is 15.9. The van der Waals surface area contributed by atoms with Gasteiger partial charge >= 0.3 is 0 Å². The van der Waals surface area contributed by atoms with Gasteiger partial charge in [-0.1, -0.05) is 36.8 Å². The molecule has 1 aromatic heterocycles. The van der Waals surface area contributed by atoms with Gasteiger partial charge in [0.05, 0.1) is 6.54 Å². The van der Waals surface area contributed by atoms with Crippen molar-refractivity contribution in [1.82, 2.24) is 15.5 Å². The van der Waals surface area contributed by atoms with Crippen molar-refractivity contribution in [3.05, 3.63) is 57.8 Å². The van der Waals surface area contributed by atoms with Crippen molar-refractivity contribution in [3.8, 4) is 0 Å². The maximum Gasteiger partial charge on any atom is 0.191 e. The Morgan fingerprint density at radius 1 is 1.12 bits per heavy atom. The van der Waals surface area contributed by atoms with Gasteiger partial charge in [0.25, 0.3) is 0 Å². The van der Waals surface area contributed by atoms with E-state index in [-0.39, 0.29) is 0 Å². The number of benzene rings is 1. The van der Waals surface area contributed by atoms with E-state index in [4.69, 9.17) is 0 Å². The molecule has 0 bridgehead atoms. The lowest BCUT2D eigenvalue weighted by Crippen LogP contribution is -2.36. The first-order valence-corrected chi connectivity index (χ1v) is 10.4. The Hall–Kier alpha value is -1.85. The molecule has 2 N–H and O–H groups in total. The number of hydrogen-bond acceptors (Lipinski definition) is 3. The summed E-state index contributed by atoms with van der Waals surface area (Å²) in [5.74, 6) is 0.838. The lowest BCUT2D eigenvalue weighted by atomic mass is 10.0. The first-order chi connectivity index (χ1) is 12.7. The van der Waals surface area contributed by atoms with E-state index in [1.54, 1.807) is 11.3 Å². The van der Waals surface area contributed by atoms with Gasteiger partial charge in [0.15, 0.2) is 5.96 Å². The number of nitrogens with zero attached hydrogens (tertiary/aromatic N) is 2. The van der Waals surface area contributed by atoms with Crippen molar-refractivity contribution in [1.29, 1.82) is 0 Å². The van der Waals surface area contributed by atoms with Gasteiger partial charge in [0.1, 0.15) is 0 Å². The Balaban J connectivity index is 1.45. The molecule has 1 atom stereocenters. The Labute approximate surface area is 161 Å². The molecule has 0 spiro atoms. The van der Waals surface area contributed by atoms with Crippen molar-refractivity contribution in [2.24, 2.45) is 4.99 Å². The van der Waals surface area contributed by atoms with Crippen molar-refractivity contribution in [2.75, 3.05) is 13.6 Å². The average molecular weight is 371 g/mol. The van der Waals surface area contributed by atoms with Crippen LogP contribution in [0.2, 0.25) is 0 Å². The third kappa shape index (κ3) is 5.58. The molecular formula is C21H30N4S. The second-order valence-corrected chi connectivity index (χ2v) is 8.02. The molecule has 4 nitrogen and oxygen atoms in total. The molecule has 0 saturated carbocycles. The number of thiophene rings is 1. The van der Waals surface area contributed by atoms with E-state index in [0.717, 1.165) is 25.6 Å². The quantitative estimate of drug-likeness (QED) is 0.597. The Bertz CT molecular complexity index is 679. The van der Waals surface area contributed by atoms with Gasteiger partial charge in [-0.25, -0.2) is 0 Å². The van der Waals surface area contributed by atoms with E-state index in [2.05, 4.69) is 69.2 Å². The molecule has 1 saturated heterocycles. The molecule has 2 heterocycles. The number of aliphatic imine (C=N–C) groups is 1. The van der Waals surface area contributed by atoms with Crippen LogP contribution in [-0.4, -0.2) is 30.5 Å². The summed E-state index contributed by atoms with van der Waals surface area (Å²) >= 11 is 1.76. The highest BCUT2D eigenvalue weighted by Crippen LogP contribution is 2.19.